The molecule has 0 bridgehead atoms. The molecule has 4 N–H and O–H groups in total. The fraction of sp³-hybridized carbons (Fsp3) is 0.238. The Bertz CT molecular complexity index is 1250. The predicted molar refractivity (Wildman–Crippen MR) is 116 cm³/mol. The molecule has 4 aromatic rings. The van der Waals surface area contributed by atoms with Gasteiger partial charge in [-0.05, 0) is 5.56 Å². The number of carboxylic acid groups (broad SMARTS) is 1. The van der Waals surface area contributed by atoms with E-state index in [1.807, 2.05) is 22.8 Å². The van der Waals surface area contributed by atoms with Crippen molar-refractivity contribution in [1.29, 1.82) is 0 Å². The van der Waals surface area contributed by atoms with Crippen molar-refractivity contribution in [3.8, 4) is 5.82 Å². The number of carbonyl (C=O) groups excluding carboxylic acids is 1. The molecule has 1 atom stereocenters. The molecule has 0 aliphatic carbocycles. The Morgan fingerprint density at radius 3 is 2.70 bits per heavy atom. The number of imidazole rings is 2. The number of hydrogen-bond acceptors (Lipinski definition) is 8. The van der Waals surface area contributed by atoms with Crippen LogP contribution in [0.15, 0.2) is 55.5 Å². The van der Waals surface area contributed by atoms with E-state index in [2.05, 4.69) is 25.3 Å². The van der Waals surface area contributed by atoms with Gasteiger partial charge < -0.3 is 25.5 Å². The van der Waals surface area contributed by atoms with Gasteiger partial charge in [0.2, 0.25) is 0 Å². The van der Waals surface area contributed by atoms with Crippen molar-refractivity contribution >= 4 is 23.2 Å². The van der Waals surface area contributed by atoms with Gasteiger partial charge in [-0.3, -0.25) is 4.57 Å². The first kappa shape index (κ1) is 21.9. The van der Waals surface area contributed by atoms with Crippen LogP contribution < -0.4 is 11.1 Å². The molecule has 4 rings (SSSR count). The van der Waals surface area contributed by atoms with Gasteiger partial charge in [0.05, 0.1) is 12.0 Å². The number of ether oxygens (including phenoxy) is 1. The fourth-order valence-electron chi connectivity index (χ4n) is 3.26. The second kappa shape index (κ2) is 9.87. The third kappa shape index (κ3) is 5.13. The molecule has 1 amide bonds. The minimum Gasteiger partial charge on any atom is -0.480 e. The number of aromatic nitrogens is 6. The molecule has 12 heteroatoms. The van der Waals surface area contributed by atoms with Gasteiger partial charge in [-0.15, -0.1) is 0 Å². The highest BCUT2D eigenvalue weighted by molar-refractivity contribution is 5.80. The fourth-order valence-corrected chi connectivity index (χ4v) is 3.26. The molecule has 0 radical (unpaired) electrons. The maximum absolute atomic E-state index is 12.1. The quantitative estimate of drug-likeness (QED) is 0.336. The van der Waals surface area contributed by atoms with E-state index in [9.17, 15) is 14.7 Å². The van der Waals surface area contributed by atoms with E-state index < -0.39 is 18.1 Å². The monoisotopic (exact) mass is 450 g/mol. The lowest BCUT2D eigenvalue weighted by atomic mass is 10.2. The maximum atomic E-state index is 12.1. The molecule has 0 fully saturated rings. The number of nitrogens with zero attached hydrogens (tertiary/aromatic N) is 6. The van der Waals surface area contributed by atoms with Gasteiger partial charge >= 0.3 is 12.1 Å². The van der Waals surface area contributed by atoms with E-state index in [0.29, 0.717) is 35.8 Å². The second-order valence-corrected chi connectivity index (χ2v) is 7.17. The summed E-state index contributed by atoms with van der Waals surface area (Å²) in [6, 6.07) is 7.88. The number of nitrogens with two attached hydrogens (primary N) is 1. The molecular formula is C21H22N8O4. The first-order valence-electron chi connectivity index (χ1n) is 10.1. The van der Waals surface area contributed by atoms with E-state index in [-0.39, 0.29) is 13.0 Å². The van der Waals surface area contributed by atoms with E-state index >= 15 is 0 Å². The average molecular weight is 450 g/mol. The van der Waals surface area contributed by atoms with Gasteiger partial charge in [0.15, 0.2) is 17.0 Å². The topological polar surface area (TPSA) is 163 Å². The van der Waals surface area contributed by atoms with Crippen LogP contribution in [0, 0.1) is 0 Å². The van der Waals surface area contributed by atoms with Crippen molar-refractivity contribution in [3.63, 3.8) is 0 Å². The minimum absolute atomic E-state index is 0.0359. The summed E-state index contributed by atoms with van der Waals surface area (Å²) < 4.78 is 8.57. The third-order valence-corrected chi connectivity index (χ3v) is 4.85. The first-order valence-corrected chi connectivity index (χ1v) is 10.1. The summed E-state index contributed by atoms with van der Waals surface area (Å²) in [6.07, 6.45) is 5.32. The molecular weight excluding hydrogens is 428 g/mol. The molecule has 12 nitrogen and oxygen atoms in total. The summed E-state index contributed by atoms with van der Waals surface area (Å²) in [5.41, 5.74) is 8.05. The van der Waals surface area contributed by atoms with Gasteiger partial charge in [-0.25, -0.2) is 29.5 Å². The SMILES string of the molecule is NCCn1cnc2c(-n3cnc(C[C@H](NC(=O)OCc4ccccc4)C(=O)O)c3)ncnc21. The smallest absolute Gasteiger partial charge is 0.408 e. The van der Waals surface area contributed by atoms with Crippen molar-refractivity contribution in [2.75, 3.05) is 6.54 Å². The number of carbonyl (C=O) groups is 2. The lowest BCUT2D eigenvalue weighted by molar-refractivity contribution is -0.139. The zero-order valence-corrected chi connectivity index (χ0v) is 17.5. The predicted octanol–water partition coefficient (Wildman–Crippen LogP) is 0.893. The van der Waals surface area contributed by atoms with E-state index in [4.69, 9.17) is 10.5 Å². The van der Waals surface area contributed by atoms with Crippen LogP contribution in [-0.4, -0.2) is 58.8 Å². The summed E-state index contributed by atoms with van der Waals surface area (Å²) >= 11 is 0. The van der Waals surface area contributed by atoms with Crippen molar-refractivity contribution in [2.45, 2.75) is 25.6 Å². The van der Waals surface area contributed by atoms with Crippen molar-refractivity contribution in [2.24, 2.45) is 5.73 Å². The second-order valence-electron chi connectivity index (χ2n) is 7.17. The molecule has 0 spiro atoms. The molecule has 170 valence electrons. The largest absolute Gasteiger partial charge is 0.480 e. The highest BCUT2D eigenvalue weighted by Crippen LogP contribution is 2.17. The van der Waals surface area contributed by atoms with Crippen molar-refractivity contribution in [3.05, 3.63) is 66.8 Å². The van der Waals surface area contributed by atoms with E-state index in [0.717, 1.165) is 5.56 Å². The summed E-state index contributed by atoms with van der Waals surface area (Å²) in [7, 11) is 0. The number of fused-ring (bicyclic) bond motifs is 1. The first-order chi connectivity index (χ1) is 16.0. The van der Waals surface area contributed by atoms with Gasteiger partial charge in [-0.1, -0.05) is 30.3 Å². The van der Waals surface area contributed by atoms with Crippen LogP contribution >= 0.6 is 0 Å². The third-order valence-electron chi connectivity index (χ3n) is 4.85. The lowest BCUT2D eigenvalue weighted by Gasteiger charge is -2.13. The van der Waals surface area contributed by atoms with Crippen molar-refractivity contribution in [1.82, 2.24) is 34.4 Å². The lowest BCUT2D eigenvalue weighted by Crippen LogP contribution is -2.42. The molecule has 1 aromatic carbocycles. The molecule has 0 aliphatic rings. The Kier molecular flexibility index (Phi) is 6.55. The molecule has 0 saturated heterocycles. The number of nitrogens with one attached hydrogen (secondary N) is 1. The standard InChI is InChI=1S/C21H22N8O4/c22-6-7-28-13-26-17-18(28)23-11-24-19(17)29-9-15(25-12-29)8-16(20(30)31)27-21(32)33-10-14-4-2-1-3-5-14/h1-5,9,11-13,16H,6-8,10,22H2,(H,27,32)(H,30,31)/t16-/m0/s1. The number of carboxylic acids is 1. The van der Waals surface area contributed by atoms with Gasteiger partial charge in [0.25, 0.3) is 0 Å². The normalized spacial score (nSPS) is 11.9. The summed E-state index contributed by atoms with van der Waals surface area (Å²) in [5.74, 6) is -0.706. The Balaban J connectivity index is 1.44. The minimum atomic E-state index is -1.22. The summed E-state index contributed by atoms with van der Waals surface area (Å²) in [4.78, 5) is 40.9. The van der Waals surface area contributed by atoms with Crippen LogP contribution in [0.4, 0.5) is 4.79 Å². The molecule has 0 aliphatic heterocycles. The highest BCUT2D eigenvalue weighted by Gasteiger charge is 2.23. The summed E-state index contributed by atoms with van der Waals surface area (Å²) in [6.45, 7) is 1.04. The van der Waals surface area contributed by atoms with Crippen LogP contribution in [0.3, 0.4) is 0 Å². The van der Waals surface area contributed by atoms with Crippen LogP contribution in [-0.2, 0) is 29.1 Å². The van der Waals surface area contributed by atoms with Crippen LogP contribution in [0.5, 0.6) is 0 Å². The number of rotatable bonds is 9. The molecule has 3 heterocycles. The Hall–Kier alpha value is -4.32. The zero-order valence-electron chi connectivity index (χ0n) is 17.5. The molecule has 3 aromatic heterocycles. The molecule has 0 saturated carbocycles. The van der Waals surface area contributed by atoms with Gasteiger partial charge in [0, 0.05) is 25.7 Å². The molecule has 33 heavy (non-hydrogen) atoms. The average Bonchev–Trinajstić information content (AvgIpc) is 3.45. The van der Waals surface area contributed by atoms with Gasteiger partial charge in [-0.2, -0.15) is 0 Å². The van der Waals surface area contributed by atoms with Crippen LogP contribution in [0.1, 0.15) is 11.3 Å². The van der Waals surface area contributed by atoms with E-state index in [1.54, 1.807) is 29.2 Å². The van der Waals surface area contributed by atoms with E-state index in [1.165, 1.54) is 12.7 Å². The number of hydrogen-bond donors (Lipinski definition) is 3. The Labute approximate surface area is 188 Å². The Morgan fingerprint density at radius 2 is 1.94 bits per heavy atom. The number of amides is 1. The van der Waals surface area contributed by atoms with Crippen LogP contribution in [0.25, 0.3) is 17.0 Å². The zero-order chi connectivity index (χ0) is 23.2. The summed E-state index contributed by atoms with van der Waals surface area (Å²) in [5, 5.41) is 11.9. The van der Waals surface area contributed by atoms with Crippen molar-refractivity contribution < 1.29 is 19.4 Å². The number of alkyl carbamates (subject to hydrolysis) is 1. The van der Waals surface area contributed by atoms with Crippen LogP contribution in [0.2, 0.25) is 0 Å². The molecule has 0 unspecified atom stereocenters. The highest BCUT2D eigenvalue weighted by atomic mass is 16.5. The number of aliphatic carboxylic acids is 1. The Morgan fingerprint density at radius 1 is 1.12 bits per heavy atom. The maximum Gasteiger partial charge on any atom is 0.408 e. The number of benzene rings is 1. The van der Waals surface area contributed by atoms with Gasteiger partial charge in [0.1, 0.15) is 25.3 Å².